The topological polar surface area (TPSA) is 76.5 Å². The summed E-state index contributed by atoms with van der Waals surface area (Å²) in [5.41, 5.74) is 5.89. The Morgan fingerprint density at radius 3 is 2.49 bits per heavy atom. The number of aromatic nitrogens is 4. The third-order valence-corrected chi connectivity index (χ3v) is 8.02. The van der Waals surface area contributed by atoms with Crippen molar-refractivity contribution >= 4 is 5.84 Å². The van der Waals surface area contributed by atoms with Gasteiger partial charge in [0.2, 0.25) is 0 Å². The summed E-state index contributed by atoms with van der Waals surface area (Å²) < 4.78 is 0. The Balaban J connectivity index is 1.26. The third-order valence-electron chi connectivity index (χ3n) is 8.02. The molecule has 0 radical (unpaired) electrons. The Morgan fingerprint density at radius 1 is 0.949 bits per heavy atom. The van der Waals surface area contributed by atoms with Crippen LogP contribution in [0.2, 0.25) is 0 Å². The lowest BCUT2D eigenvalue weighted by molar-refractivity contribution is 0.209. The number of amidine groups is 1. The van der Waals surface area contributed by atoms with Crippen LogP contribution >= 0.6 is 0 Å². The number of benzene rings is 2. The first-order chi connectivity index (χ1) is 19.2. The van der Waals surface area contributed by atoms with E-state index < -0.39 is 0 Å². The molecule has 204 valence electrons. The second-order valence-electron chi connectivity index (χ2n) is 11.2. The zero-order chi connectivity index (χ0) is 26.6. The molecule has 2 aliphatic heterocycles. The normalized spacial score (nSPS) is 18.8. The average Bonchev–Trinajstić information content (AvgIpc) is 3.47. The van der Waals surface area contributed by atoms with E-state index in [9.17, 15) is 0 Å². The van der Waals surface area contributed by atoms with Crippen molar-refractivity contribution in [3.63, 3.8) is 0 Å². The summed E-state index contributed by atoms with van der Waals surface area (Å²) in [5, 5.41) is 14.6. The number of unbranched alkanes of at least 4 members (excludes halogenated alkanes) is 2. The number of rotatable bonds is 12. The Morgan fingerprint density at radius 2 is 1.77 bits per heavy atom. The van der Waals surface area contributed by atoms with Gasteiger partial charge in [-0.3, -0.25) is 0 Å². The predicted octanol–water partition coefficient (Wildman–Crippen LogP) is 5.89. The number of H-pyrrole nitrogens is 1. The summed E-state index contributed by atoms with van der Waals surface area (Å²) in [6.07, 6.45) is 11.3. The molecule has 3 aliphatic rings. The van der Waals surface area contributed by atoms with E-state index >= 15 is 0 Å². The van der Waals surface area contributed by atoms with E-state index in [4.69, 9.17) is 4.99 Å². The van der Waals surface area contributed by atoms with Gasteiger partial charge in [0.1, 0.15) is 6.17 Å². The Kier molecular flexibility index (Phi) is 7.61. The molecule has 0 spiro atoms. The standard InChI is InChI=1S/C31H40N8/c1-3-5-6-11-29-32-31-28(21-37(19-23-12-13-23)22-38(31)18-4-2)39(29)20-24-14-16-25(17-15-24)26-9-7-8-10-27(26)30-33-35-36-34-30/h7-10,14-17,21,23,29H,3-6,11-13,18-20,22H2,1-2H3,(H,33,34,35,36). The van der Waals surface area contributed by atoms with Gasteiger partial charge in [-0.2, -0.15) is 0 Å². The van der Waals surface area contributed by atoms with Crippen molar-refractivity contribution in [3.05, 3.63) is 66.0 Å². The van der Waals surface area contributed by atoms with Crippen LogP contribution in [0.3, 0.4) is 0 Å². The van der Waals surface area contributed by atoms with Crippen LogP contribution in [0.15, 0.2) is 65.4 Å². The first-order valence-electron chi connectivity index (χ1n) is 14.7. The van der Waals surface area contributed by atoms with Gasteiger partial charge in [-0.15, -0.1) is 5.10 Å². The van der Waals surface area contributed by atoms with E-state index in [1.807, 2.05) is 6.07 Å². The predicted molar refractivity (Wildman–Crippen MR) is 155 cm³/mol. The van der Waals surface area contributed by atoms with E-state index in [0.29, 0.717) is 5.82 Å². The van der Waals surface area contributed by atoms with Crippen LogP contribution in [0.25, 0.3) is 22.5 Å². The number of hydrogen-bond acceptors (Lipinski definition) is 7. The fourth-order valence-electron chi connectivity index (χ4n) is 5.82. The molecule has 6 rings (SSSR count). The number of fused-ring (bicyclic) bond motifs is 1. The Hall–Kier alpha value is -3.68. The molecule has 1 unspecified atom stereocenters. The minimum Gasteiger partial charge on any atom is -0.358 e. The van der Waals surface area contributed by atoms with Crippen molar-refractivity contribution in [2.45, 2.75) is 71.5 Å². The zero-order valence-corrected chi connectivity index (χ0v) is 23.3. The molecule has 3 aromatic rings. The highest BCUT2D eigenvalue weighted by atomic mass is 15.5. The lowest BCUT2D eigenvalue weighted by atomic mass is 9.98. The maximum atomic E-state index is 5.35. The highest BCUT2D eigenvalue weighted by molar-refractivity contribution is 6.00. The minimum atomic E-state index is 0.206. The van der Waals surface area contributed by atoms with Gasteiger partial charge < -0.3 is 14.7 Å². The molecule has 1 saturated carbocycles. The molecule has 1 N–H and O–H groups in total. The number of nitrogens with zero attached hydrogens (tertiary/aromatic N) is 7. The van der Waals surface area contributed by atoms with Crippen molar-refractivity contribution < 1.29 is 0 Å². The molecule has 1 atom stereocenters. The van der Waals surface area contributed by atoms with E-state index in [0.717, 1.165) is 55.2 Å². The van der Waals surface area contributed by atoms with Gasteiger partial charge in [0.05, 0.1) is 12.4 Å². The highest BCUT2D eigenvalue weighted by Crippen LogP contribution is 2.35. The zero-order valence-electron chi connectivity index (χ0n) is 23.3. The van der Waals surface area contributed by atoms with Crippen molar-refractivity contribution in [1.29, 1.82) is 0 Å². The second kappa shape index (κ2) is 11.6. The minimum absolute atomic E-state index is 0.206. The molecule has 39 heavy (non-hydrogen) atoms. The molecule has 8 nitrogen and oxygen atoms in total. The maximum absolute atomic E-state index is 5.35. The maximum Gasteiger partial charge on any atom is 0.180 e. The van der Waals surface area contributed by atoms with Crippen LogP contribution in [-0.2, 0) is 6.54 Å². The molecule has 0 amide bonds. The number of aliphatic imine (C=N–C) groups is 1. The van der Waals surface area contributed by atoms with Crippen LogP contribution in [0.1, 0.15) is 64.4 Å². The fraction of sp³-hybridized carbons (Fsp3) is 0.484. The van der Waals surface area contributed by atoms with Gasteiger partial charge in [-0.25, -0.2) is 10.1 Å². The van der Waals surface area contributed by atoms with Crippen LogP contribution in [0.4, 0.5) is 0 Å². The highest BCUT2D eigenvalue weighted by Gasteiger charge is 2.37. The van der Waals surface area contributed by atoms with Crippen LogP contribution in [-0.4, -0.2) is 67.1 Å². The Labute approximate surface area is 231 Å². The molecule has 0 bridgehead atoms. The van der Waals surface area contributed by atoms with Gasteiger partial charge in [0.15, 0.2) is 11.7 Å². The van der Waals surface area contributed by atoms with E-state index in [-0.39, 0.29) is 6.17 Å². The van der Waals surface area contributed by atoms with E-state index in [1.165, 1.54) is 55.7 Å². The summed E-state index contributed by atoms with van der Waals surface area (Å²) in [6, 6.07) is 17.2. The van der Waals surface area contributed by atoms with E-state index in [1.54, 1.807) is 0 Å². The largest absolute Gasteiger partial charge is 0.358 e. The van der Waals surface area contributed by atoms with Crippen molar-refractivity contribution in [2.75, 3.05) is 19.8 Å². The number of hydrogen-bond donors (Lipinski definition) is 1. The number of nitrogens with one attached hydrogen (secondary N) is 1. The number of tetrazole rings is 1. The van der Waals surface area contributed by atoms with Crippen LogP contribution < -0.4 is 0 Å². The van der Waals surface area contributed by atoms with Crippen molar-refractivity contribution in [2.24, 2.45) is 10.9 Å². The quantitative estimate of drug-likeness (QED) is 0.298. The molecule has 8 heteroatoms. The monoisotopic (exact) mass is 524 g/mol. The fourth-order valence-corrected chi connectivity index (χ4v) is 5.82. The average molecular weight is 525 g/mol. The van der Waals surface area contributed by atoms with Crippen molar-refractivity contribution in [1.82, 2.24) is 35.3 Å². The molecular formula is C31H40N8. The number of aromatic amines is 1. The van der Waals surface area contributed by atoms with Gasteiger partial charge in [-0.1, -0.05) is 75.2 Å². The van der Waals surface area contributed by atoms with Crippen LogP contribution in [0, 0.1) is 5.92 Å². The summed E-state index contributed by atoms with van der Waals surface area (Å²) >= 11 is 0. The van der Waals surface area contributed by atoms with Gasteiger partial charge >= 0.3 is 0 Å². The summed E-state index contributed by atoms with van der Waals surface area (Å²) in [6.45, 7) is 8.60. The lowest BCUT2D eigenvalue weighted by Gasteiger charge is -2.38. The smallest absolute Gasteiger partial charge is 0.180 e. The summed E-state index contributed by atoms with van der Waals surface area (Å²) in [7, 11) is 0. The van der Waals surface area contributed by atoms with Crippen LogP contribution in [0.5, 0.6) is 0 Å². The van der Waals surface area contributed by atoms with Gasteiger partial charge in [0.25, 0.3) is 0 Å². The third kappa shape index (κ3) is 5.70. The molecule has 0 saturated heterocycles. The summed E-state index contributed by atoms with van der Waals surface area (Å²) in [4.78, 5) is 13.0. The Bertz CT molecular complexity index is 1290. The van der Waals surface area contributed by atoms with E-state index in [2.05, 4.69) is 97.8 Å². The van der Waals surface area contributed by atoms with Gasteiger partial charge in [-0.05, 0) is 65.1 Å². The van der Waals surface area contributed by atoms with Gasteiger partial charge in [0, 0.05) is 31.4 Å². The molecule has 2 aromatic carbocycles. The molecular weight excluding hydrogens is 484 g/mol. The first kappa shape index (κ1) is 25.6. The first-order valence-corrected chi connectivity index (χ1v) is 14.7. The SMILES string of the molecule is CCCCCC1N=C2C(=CN(CC3CC3)CN2CCC)N1Cc1ccc(-c2ccccc2-c2nnn[nH]2)cc1. The molecule has 1 aliphatic carbocycles. The molecule has 3 heterocycles. The lowest BCUT2D eigenvalue weighted by Crippen LogP contribution is -2.46. The molecule has 1 fully saturated rings. The second-order valence-corrected chi connectivity index (χ2v) is 11.2. The molecule has 1 aromatic heterocycles. The van der Waals surface area contributed by atoms with Crippen molar-refractivity contribution in [3.8, 4) is 22.5 Å². The summed E-state index contributed by atoms with van der Waals surface area (Å²) in [5.74, 6) is 2.75.